The van der Waals surface area contributed by atoms with Crippen molar-refractivity contribution < 1.29 is 17.0 Å². The Morgan fingerprint density at radius 1 is 0.950 bits per heavy atom. The summed E-state index contributed by atoms with van der Waals surface area (Å²) in [5.74, 6) is 0. The number of hydrogen-bond donors (Lipinski definition) is 1. The first kappa shape index (κ1) is 12.9. The molecule has 0 atom stereocenters. The summed E-state index contributed by atoms with van der Waals surface area (Å²) in [7, 11) is 0. The Morgan fingerprint density at radius 3 is 2.55 bits per heavy atom. The minimum absolute atomic E-state index is 0. The number of hydrogen-bond acceptors (Lipinski definition) is 0. The number of pyridine rings is 1. The second-order valence-corrected chi connectivity index (χ2v) is 4.88. The van der Waals surface area contributed by atoms with Crippen LogP contribution in [0.5, 0.6) is 0 Å². The van der Waals surface area contributed by atoms with Crippen molar-refractivity contribution in [3.63, 3.8) is 0 Å². The van der Waals surface area contributed by atoms with Gasteiger partial charge in [-0.15, -0.1) is 0 Å². The van der Waals surface area contributed by atoms with E-state index in [4.69, 9.17) is 0 Å². The molecule has 1 N–H and O–H groups in total. The molecule has 20 heavy (non-hydrogen) atoms. The fraction of sp³-hybridized carbons (Fsp3) is 0.118. The third-order valence-electron chi connectivity index (χ3n) is 3.82. The Balaban J connectivity index is 0.00000121. The van der Waals surface area contributed by atoms with Gasteiger partial charge in [-0.3, -0.25) is 0 Å². The van der Waals surface area contributed by atoms with Crippen molar-refractivity contribution in [1.82, 2.24) is 4.98 Å². The van der Waals surface area contributed by atoms with Gasteiger partial charge in [-0.2, -0.15) is 4.57 Å². The van der Waals surface area contributed by atoms with Crippen LogP contribution in [0.25, 0.3) is 32.8 Å². The minimum Gasteiger partial charge on any atom is -1.00 e. The van der Waals surface area contributed by atoms with Crippen LogP contribution in [-0.4, -0.2) is 4.98 Å². The average molecular weight is 283 g/mol. The molecular formula is C17H15ClN2. The molecule has 4 rings (SSSR count). The van der Waals surface area contributed by atoms with E-state index >= 15 is 0 Å². The molecule has 0 spiro atoms. The predicted octanol–water partition coefficient (Wildman–Crippen LogP) is 0.786. The van der Waals surface area contributed by atoms with Crippen molar-refractivity contribution >= 4 is 32.8 Å². The first-order chi connectivity index (χ1) is 9.38. The van der Waals surface area contributed by atoms with E-state index in [1.807, 2.05) is 0 Å². The lowest BCUT2D eigenvalue weighted by Crippen LogP contribution is -3.00. The predicted molar refractivity (Wildman–Crippen MR) is 79.2 cm³/mol. The smallest absolute Gasteiger partial charge is 0.238 e. The molecule has 0 unspecified atom stereocenters. The summed E-state index contributed by atoms with van der Waals surface area (Å²) in [5, 5.41) is 2.58. The zero-order chi connectivity index (χ0) is 12.8. The monoisotopic (exact) mass is 282 g/mol. The van der Waals surface area contributed by atoms with Crippen molar-refractivity contribution in [2.75, 3.05) is 0 Å². The number of aryl methyl sites for hydroxylation is 1. The fourth-order valence-electron chi connectivity index (χ4n) is 3.00. The molecular weight excluding hydrogens is 268 g/mol. The van der Waals surface area contributed by atoms with E-state index in [2.05, 4.69) is 71.1 Å². The number of rotatable bonds is 1. The van der Waals surface area contributed by atoms with Crippen LogP contribution >= 0.6 is 0 Å². The highest BCUT2D eigenvalue weighted by atomic mass is 35.5. The zero-order valence-corrected chi connectivity index (χ0v) is 12.0. The third-order valence-corrected chi connectivity index (χ3v) is 3.82. The summed E-state index contributed by atoms with van der Waals surface area (Å²) in [4.78, 5) is 3.52. The van der Waals surface area contributed by atoms with Crippen LogP contribution in [0, 0.1) is 0 Å². The Kier molecular flexibility index (Phi) is 3.11. The number of nitrogens with zero attached hydrogens (tertiary/aromatic N) is 1. The summed E-state index contributed by atoms with van der Waals surface area (Å²) in [6.07, 6.45) is 0. The van der Waals surface area contributed by atoms with Gasteiger partial charge in [-0.05, 0) is 31.2 Å². The molecule has 2 aromatic heterocycles. The highest BCUT2D eigenvalue weighted by Crippen LogP contribution is 2.25. The maximum absolute atomic E-state index is 3.52. The first-order valence-corrected chi connectivity index (χ1v) is 6.70. The highest BCUT2D eigenvalue weighted by molar-refractivity contribution is 6.05. The molecule has 0 aliphatic rings. The lowest BCUT2D eigenvalue weighted by molar-refractivity contribution is -0.640. The molecule has 0 aliphatic carbocycles. The van der Waals surface area contributed by atoms with E-state index in [-0.39, 0.29) is 12.4 Å². The Hall–Kier alpha value is -2.06. The molecule has 3 heteroatoms. The van der Waals surface area contributed by atoms with Crippen molar-refractivity contribution in [1.29, 1.82) is 0 Å². The van der Waals surface area contributed by atoms with Crippen LogP contribution < -0.4 is 17.0 Å². The maximum Gasteiger partial charge on any atom is 0.238 e. The van der Waals surface area contributed by atoms with E-state index in [1.165, 1.54) is 32.8 Å². The molecule has 0 radical (unpaired) electrons. The number of fused-ring (bicyclic) bond motifs is 4. The van der Waals surface area contributed by atoms with Gasteiger partial charge in [0.1, 0.15) is 12.1 Å². The largest absolute Gasteiger partial charge is 1.00 e. The van der Waals surface area contributed by atoms with Crippen LogP contribution in [0.15, 0.2) is 54.6 Å². The maximum atomic E-state index is 3.52. The molecule has 0 saturated heterocycles. The average Bonchev–Trinajstić information content (AvgIpc) is 2.82. The topological polar surface area (TPSA) is 19.7 Å². The van der Waals surface area contributed by atoms with E-state index in [0.29, 0.717) is 0 Å². The van der Waals surface area contributed by atoms with Crippen LogP contribution in [0.1, 0.15) is 6.92 Å². The summed E-state index contributed by atoms with van der Waals surface area (Å²) in [5.41, 5.74) is 5.01. The van der Waals surface area contributed by atoms with Crippen molar-refractivity contribution in [2.24, 2.45) is 0 Å². The molecule has 2 aromatic carbocycles. The lowest BCUT2D eigenvalue weighted by atomic mass is 10.1. The quantitative estimate of drug-likeness (QED) is 0.498. The first-order valence-electron chi connectivity index (χ1n) is 6.70. The van der Waals surface area contributed by atoms with Gasteiger partial charge >= 0.3 is 0 Å². The SMILES string of the molecule is CC[n+]1c2ccccc2cc2[nH]c3ccccc3c21.[Cl-]. The number of benzene rings is 2. The summed E-state index contributed by atoms with van der Waals surface area (Å²) in [6.45, 7) is 3.17. The number of H-pyrrole nitrogens is 1. The van der Waals surface area contributed by atoms with Crippen LogP contribution in [0.2, 0.25) is 0 Å². The van der Waals surface area contributed by atoms with E-state index < -0.39 is 0 Å². The number of aromatic nitrogens is 2. The fourth-order valence-corrected chi connectivity index (χ4v) is 3.00. The van der Waals surface area contributed by atoms with Crippen LogP contribution in [-0.2, 0) is 6.54 Å². The molecule has 0 fully saturated rings. The number of aromatic amines is 1. The minimum atomic E-state index is 0. The molecule has 4 aromatic rings. The van der Waals surface area contributed by atoms with Gasteiger partial charge in [0.05, 0.1) is 10.9 Å². The van der Waals surface area contributed by atoms with Crippen LogP contribution in [0.4, 0.5) is 0 Å². The van der Waals surface area contributed by atoms with Gasteiger partial charge in [0.15, 0.2) is 0 Å². The second kappa shape index (κ2) is 4.80. The van der Waals surface area contributed by atoms with E-state index in [0.717, 1.165) is 6.54 Å². The lowest BCUT2D eigenvalue weighted by Gasteiger charge is -2.01. The van der Waals surface area contributed by atoms with Gasteiger partial charge in [0.2, 0.25) is 11.0 Å². The van der Waals surface area contributed by atoms with Crippen LogP contribution in [0.3, 0.4) is 0 Å². The van der Waals surface area contributed by atoms with Gasteiger partial charge in [-0.1, -0.05) is 24.3 Å². The van der Waals surface area contributed by atoms with E-state index in [9.17, 15) is 0 Å². The van der Waals surface area contributed by atoms with E-state index in [1.54, 1.807) is 0 Å². The van der Waals surface area contributed by atoms with Gasteiger partial charge in [0, 0.05) is 11.5 Å². The summed E-state index contributed by atoms with van der Waals surface area (Å²) >= 11 is 0. The number of nitrogens with one attached hydrogen (secondary N) is 1. The Bertz CT molecular complexity index is 909. The molecule has 2 nitrogen and oxygen atoms in total. The molecule has 0 bridgehead atoms. The second-order valence-electron chi connectivity index (χ2n) is 4.88. The van der Waals surface area contributed by atoms with Crippen molar-refractivity contribution in [2.45, 2.75) is 13.5 Å². The zero-order valence-electron chi connectivity index (χ0n) is 11.2. The highest BCUT2D eigenvalue weighted by Gasteiger charge is 2.17. The Morgan fingerprint density at radius 2 is 1.70 bits per heavy atom. The Labute approximate surface area is 123 Å². The van der Waals surface area contributed by atoms with Crippen molar-refractivity contribution in [3.8, 4) is 0 Å². The van der Waals surface area contributed by atoms with Gasteiger partial charge < -0.3 is 17.4 Å². The molecule has 0 aliphatic heterocycles. The molecule has 100 valence electrons. The summed E-state index contributed by atoms with van der Waals surface area (Å²) < 4.78 is 2.39. The van der Waals surface area contributed by atoms with Gasteiger partial charge in [-0.25, -0.2) is 0 Å². The molecule has 0 amide bonds. The number of para-hydroxylation sites is 2. The molecule has 2 heterocycles. The standard InChI is InChI=1S/C17H14N2.ClH/c1-2-19-16-10-6-3-7-12(16)11-15-17(19)13-8-4-5-9-14(13)18-15;/h3-11H,2H2,1H3;1H. The van der Waals surface area contributed by atoms with Crippen molar-refractivity contribution in [3.05, 3.63) is 54.6 Å². The summed E-state index contributed by atoms with van der Waals surface area (Å²) in [6, 6.07) is 19.3. The number of halogens is 1. The normalized spacial score (nSPS) is 11.1. The van der Waals surface area contributed by atoms with Gasteiger partial charge in [0.25, 0.3) is 0 Å². The third kappa shape index (κ3) is 1.69. The molecule has 0 saturated carbocycles.